The maximum absolute atomic E-state index is 11.8. The number of ether oxygens (including phenoxy) is 2. The second kappa shape index (κ2) is 6.58. The van der Waals surface area contributed by atoms with Crippen LogP contribution < -0.4 is 5.32 Å². The van der Waals surface area contributed by atoms with E-state index in [-0.39, 0.29) is 0 Å². The minimum atomic E-state index is -0.403. The molecule has 0 fully saturated rings. The van der Waals surface area contributed by atoms with Gasteiger partial charge in [-0.1, -0.05) is 0 Å². The summed E-state index contributed by atoms with van der Waals surface area (Å²) in [6, 6.07) is 0. The average Bonchev–Trinajstić information content (AvgIpc) is 2.46. The van der Waals surface area contributed by atoms with E-state index in [0.717, 1.165) is 24.2 Å². The number of aromatic nitrogens is 2. The summed E-state index contributed by atoms with van der Waals surface area (Å²) >= 11 is 0. The molecule has 0 atom stereocenters. The summed E-state index contributed by atoms with van der Waals surface area (Å²) in [7, 11) is 1.37. The topological polar surface area (TPSA) is 73.3 Å². The Morgan fingerprint density at radius 2 is 2.26 bits per heavy atom. The largest absolute Gasteiger partial charge is 0.464 e. The molecule has 0 radical (unpaired) electrons. The van der Waals surface area contributed by atoms with Crippen LogP contribution in [0.5, 0.6) is 0 Å². The zero-order valence-electron chi connectivity index (χ0n) is 11.4. The molecule has 6 heteroatoms. The number of esters is 1. The Labute approximate surface area is 112 Å². The van der Waals surface area contributed by atoms with E-state index in [0.29, 0.717) is 37.7 Å². The Hall–Kier alpha value is -1.53. The first-order valence-corrected chi connectivity index (χ1v) is 6.51. The van der Waals surface area contributed by atoms with Gasteiger partial charge in [-0.25, -0.2) is 14.8 Å². The van der Waals surface area contributed by atoms with Crippen molar-refractivity contribution >= 4 is 5.97 Å². The zero-order valence-corrected chi connectivity index (χ0v) is 11.4. The Morgan fingerprint density at radius 3 is 3.00 bits per heavy atom. The maximum atomic E-state index is 11.8. The fraction of sp³-hybridized carbons (Fsp3) is 0.615. The van der Waals surface area contributed by atoms with Gasteiger partial charge in [0.2, 0.25) is 0 Å². The van der Waals surface area contributed by atoms with Crippen molar-refractivity contribution in [2.24, 2.45) is 0 Å². The van der Waals surface area contributed by atoms with Gasteiger partial charge in [-0.05, 0) is 6.92 Å². The van der Waals surface area contributed by atoms with Gasteiger partial charge in [-0.3, -0.25) is 0 Å². The molecule has 0 aromatic carbocycles. The van der Waals surface area contributed by atoms with E-state index in [4.69, 9.17) is 9.47 Å². The Morgan fingerprint density at radius 1 is 1.42 bits per heavy atom. The van der Waals surface area contributed by atoms with Crippen LogP contribution in [0.2, 0.25) is 0 Å². The molecule has 1 aromatic heterocycles. The number of carbonyl (C=O) groups excluding carboxylic acids is 1. The van der Waals surface area contributed by atoms with Crippen LogP contribution in [0.25, 0.3) is 0 Å². The van der Waals surface area contributed by atoms with E-state index in [1.54, 1.807) is 0 Å². The molecule has 0 amide bonds. The minimum absolute atomic E-state index is 0.381. The molecular formula is C13H19N3O3. The van der Waals surface area contributed by atoms with E-state index in [2.05, 4.69) is 15.3 Å². The number of nitrogens with zero attached hydrogens (tertiary/aromatic N) is 2. The first-order valence-electron chi connectivity index (χ1n) is 6.51. The van der Waals surface area contributed by atoms with Crippen LogP contribution in [0.4, 0.5) is 0 Å². The second-order valence-corrected chi connectivity index (χ2v) is 4.28. The van der Waals surface area contributed by atoms with Gasteiger partial charge < -0.3 is 14.8 Å². The lowest BCUT2D eigenvalue weighted by Crippen LogP contribution is -2.28. The maximum Gasteiger partial charge on any atom is 0.357 e. The molecule has 104 valence electrons. The summed E-state index contributed by atoms with van der Waals surface area (Å²) in [5.41, 5.74) is 2.19. The molecule has 1 aromatic rings. The van der Waals surface area contributed by atoms with Crippen LogP contribution in [0.1, 0.15) is 34.5 Å². The molecule has 0 bridgehead atoms. The summed E-state index contributed by atoms with van der Waals surface area (Å²) in [5.74, 6) is 0.245. The number of methoxy groups -OCH3 is 1. The fourth-order valence-electron chi connectivity index (χ4n) is 2.08. The van der Waals surface area contributed by atoms with Crippen LogP contribution in [-0.2, 0) is 28.9 Å². The SMILES string of the molecule is CCOCCc1nc2c(c(C(=O)OC)n1)CNCC2. The van der Waals surface area contributed by atoms with E-state index in [9.17, 15) is 4.79 Å². The van der Waals surface area contributed by atoms with Crippen LogP contribution >= 0.6 is 0 Å². The minimum Gasteiger partial charge on any atom is -0.464 e. The third-order valence-electron chi connectivity index (χ3n) is 3.03. The van der Waals surface area contributed by atoms with Crippen LogP contribution in [0, 0.1) is 0 Å². The highest BCUT2D eigenvalue weighted by atomic mass is 16.5. The molecule has 1 aliphatic heterocycles. The number of nitrogens with one attached hydrogen (secondary N) is 1. The molecule has 2 heterocycles. The highest BCUT2D eigenvalue weighted by Crippen LogP contribution is 2.16. The van der Waals surface area contributed by atoms with E-state index in [1.165, 1.54) is 7.11 Å². The quantitative estimate of drug-likeness (QED) is 0.617. The van der Waals surface area contributed by atoms with Crippen molar-refractivity contribution in [1.29, 1.82) is 0 Å². The number of carbonyl (C=O) groups is 1. The second-order valence-electron chi connectivity index (χ2n) is 4.28. The fourth-order valence-corrected chi connectivity index (χ4v) is 2.08. The molecule has 6 nitrogen and oxygen atoms in total. The Kier molecular flexibility index (Phi) is 4.81. The number of fused-ring (bicyclic) bond motifs is 1. The lowest BCUT2D eigenvalue weighted by atomic mass is 10.0. The van der Waals surface area contributed by atoms with Crippen LogP contribution in [0.15, 0.2) is 0 Å². The van der Waals surface area contributed by atoms with Gasteiger partial charge in [0.25, 0.3) is 0 Å². The van der Waals surface area contributed by atoms with Crippen molar-refractivity contribution in [2.75, 3.05) is 26.9 Å². The molecule has 0 saturated heterocycles. The first kappa shape index (κ1) is 13.9. The summed E-state index contributed by atoms with van der Waals surface area (Å²) in [4.78, 5) is 20.6. The summed E-state index contributed by atoms with van der Waals surface area (Å²) in [6.45, 7) is 4.66. The van der Waals surface area contributed by atoms with Gasteiger partial charge in [0.1, 0.15) is 5.82 Å². The zero-order chi connectivity index (χ0) is 13.7. The lowest BCUT2D eigenvalue weighted by Gasteiger charge is -2.19. The molecule has 0 saturated carbocycles. The predicted molar refractivity (Wildman–Crippen MR) is 69.0 cm³/mol. The highest BCUT2D eigenvalue weighted by molar-refractivity contribution is 5.89. The van der Waals surface area contributed by atoms with Gasteiger partial charge in [-0.2, -0.15) is 0 Å². The molecule has 2 rings (SSSR count). The number of hydrogen-bond donors (Lipinski definition) is 1. The molecule has 0 unspecified atom stereocenters. The monoisotopic (exact) mass is 265 g/mol. The van der Waals surface area contributed by atoms with Crippen LogP contribution in [0.3, 0.4) is 0 Å². The Balaban J connectivity index is 2.28. The normalized spacial score (nSPS) is 14.0. The predicted octanol–water partition coefficient (Wildman–Crippen LogP) is 0.488. The van der Waals surface area contributed by atoms with Crippen molar-refractivity contribution in [1.82, 2.24) is 15.3 Å². The molecule has 1 N–H and O–H groups in total. The summed E-state index contributed by atoms with van der Waals surface area (Å²) in [6.07, 6.45) is 1.42. The third-order valence-corrected chi connectivity index (χ3v) is 3.03. The van der Waals surface area contributed by atoms with Gasteiger partial charge >= 0.3 is 5.97 Å². The number of hydrogen-bond acceptors (Lipinski definition) is 6. The number of rotatable bonds is 5. The third kappa shape index (κ3) is 3.27. The van der Waals surface area contributed by atoms with Gasteiger partial charge in [0.05, 0.1) is 19.4 Å². The highest BCUT2D eigenvalue weighted by Gasteiger charge is 2.22. The van der Waals surface area contributed by atoms with E-state index >= 15 is 0 Å². The van der Waals surface area contributed by atoms with Crippen molar-refractivity contribution in [3.63, 3.8) is 0 Å². The Bertz CT molecular complexity index is 463. The molecular weight excluding hydrogens is 246 g/mol. The first-order chi connectivity index (χ1) is 9.26. The molecule has 19 heavy (non-hydrogen) atoms. The van der Waals surface area contributed by atoms with Crippen LogP contribution in [-0.4, -0.2) is 42.8 Å². The van der Waals surface area contributed by atoms with Crippen molar-refractivity contribution < 1.29 is 14.3 Å². The van der Waals surface area contributed by atoms with Crippen molar-refractivity contribution in [3.05, 3.63) is 22.8 Å². The smallest absolute Gasteiger partial charge is 0.357 e. The van der Waals surface area contributed by atoms with Crippen molar-refractivity contribution in [2.45, 2.75) is 26.3 Å². The van der Waals surface area contributed by atoms with E-state index in [1.807, 2.05) is 6.92 Å². The molecule has 0 aliphatic carbocycles. The summed E-state index contributed by atoms with van der Waals surface area (Å²) in [5, 5.41) is 3.22. The van der Waals surface area contributed by atoms with Crippen molar-refractivity contribution in [3.8, 4) is 0 Å². The van der Waals surface area contributed by atoms with Gasteiger partial charge in [0, 0.05) is 38.1 Å². The lowest BCUT2D eigenvalue weighted by molar-refractivity contribution is 0.0591. The average molecular weight is 265 g/mol. The molecule has 0 spiro atoms. The van der Waals surface area contributed by atoms with E-state index < -0.39 is 5.97 Å². The summed E-state index contributed by atoms with van der Waals surface area (Å²) < 4.78 is 10.1. The van der Waals surface area contributed by atoms with Gasteiger partial charge in [-0.15, -0.1) is 0 Å². The standard InChI is InChI=1S/C13H19N3O3/c1-3-19-7-5-11-15-10-4-6-14-8-9(10)12(16-11)13(17)18-2/h14H,3-8H2,1-2H3. The molecule has 1 aliphatic rings. The van der Waals surface area contributed by atoms with Gasteiger partial charge in [0.15, 0.2) is 5.69 Å².